The molecule has 174 valence electrons. The van der Waals surface area contributed by atoms with Crippen LogP contribution in [0.25, 0.3) is 6.08 Å². The number of amides is 2. The number of rotatable bonds is 7. The molecule has 9 heteroatoms. The smallest absolute Gasteiger partial charge is 0.293 e. The third-order valence-corrected chi connectivity index (χ3v) is 6.72. The average Bonchev–Trinajstić information content (AvgIpc) is 3.07. The fourth-order valence-corrected chi connectivity index (χ4v) is 4.66. The average molecular weight is 563 g/mol. The highest BCUT2D eigenvalue weighted by Crippen LogP contribution is 2.39. The lowest BCUT2D eigenvalue weighted by Gasteiger charge is -2.14. The van der Waals surface area contributed by atoms with Crippen LogP contribution in [-0.2, 0) is 17.9 Å². The molecule has 1 aliphatic rings. The van der Waals surface area contributed by atoms with Crippen LogP contribution in [-0.4, -0.2) is 23.2 Å². The summed E-state index contributed by atoms with van der Waals surface area (Å²) in [6.07, 6.45) is 1.58. The summed E-state index contributed by atoms with van der Waals surface area (Å²) in [5.41, 5.74) is 1.78. The van der Waals surface area contributed by atoms with Crippen LogP contribution in [0.2, 0.25) is 5.02 Å². The van der Waals surface area contributed by atoms with Crippen molar-refractivity contribution < 1.29 is 23.5 Å². The van der Waals surface area contributed by atoms with Crippen molar-refractivity contribution in [3.05, 3.63) is 97.6 Å². The summed E-state index contributed by atoms with van der Waals surface area (Å²) in [7, 11) is 1.46. The van der Waals surface area contributed by atoms with Crippen LogP contribution >= 0.6 is 39.3 Å². The maximum atomic E-state index is 13.9. The molecule has 0 spiro atoms. The first-order valence-electron chi connectivity index (χ1n) is 10.1. The largest absolute Gasteiger partial charge is 0.493 e. The molecule has 0 saturated carbocycles. The summed E-state index contributed by atoms with van der Waals surface area (Å²) in [6.45, 7) is 0.152. The number of carbonyl (C=O) groups is 2. The first-order valence-corrected chi connectivity index (χ1v) is 12.1. The molecule has 5 nitrogen and oxygen atoms in total. The first kappa shape index (κ1) is 24.3. The van der Waals surface area contributed by atoms with Gasteiger partial charge in [0.25, 0.3) is 11.1 Å². The van der Waals surface area contributed by atoms with Crippen LogP contribution in [0, 0.1) is 5.82 Å². The lowest BCUT2D eigenvalue weighted by Crippen LogP contribution is -2.27. The monoisotopic (exact) mass is 561 g/mol. The summed E-state index contributed by atoms with van der Waals surface area (Å²) < 4.78 is 25.9. The number of methoxy groups -OCH3 is 1. The van der Waals surface area contributed by atoms with Gasteiger partial charge in [0.1, 0.15) is 12.4 Å². The molecule has 3 aromatic carbocycles. The number of benzene rings is 3. The van der Waals surface area contributed by atoms with E-state index in [-0.39, 0.29) is 45.8 Å². The number of ether oxygens (including phenoxy) is 2. The summed E-state index contributed by atoms with van der Waals surface area (Å²) >= 11 is 10.7. The Bertz CT molecular complexity index is 1280. The van der Waals surface area contributed by atoms with E-state index in [4.69, 9.17) is 21.1 Å². The van der Waals surface area contributed by atoms with Crippen molar-refractivity contribution in [3.63, 3.8) is 0 Å². The number of halogens is 3. The predicted molar refractivity (Wildman–Crippen MR) is 134 cm³/mol. The molecule has 1 saturated heterocycles. The lowest BCUT2D eigenvalue weighted by molar-refractivity contribution is -0.123. The van der Waals surface area contributed by atoms with Crippen LogP contribution in [0.15, 0.2) is 70.0 Å². The summed E-state index contributed by atoms with van der Waals surface area (Å²) in [4.78, 5) is 26.8. The Balaban J connectivity index is 1.53. The van der Waals surface area contributed by atoms with Crippen molar-refractivity contribution in [1.82, 2.24) is 4.90 Å². The molecular weight excluding hydrogens is 545 g/mol. The van der Waals surface area contributed by atoms with Crippen LogP contribution < -0.4 is 9.47 Å². The molecule has 0 N–H and O–H groups in total. The third kappa shape index (κ3) is 5.46. The van der Waals surface area contributed by atoms with Crippen molar-refractivity contribution in [2.75, 3.05) is 7.11 Å². The zero-order chi connectivity index (χ0) is 24.2. The Hall–Kier alpha value is -2.81. The Morgan fingerprint density at radius 1 is 1.12 bits per heavy atom. The highest BCUT2D eigenvalue weighted by molar-refractivity contribution is 9.10. The van der Waals surface area contributed by atoms with Crippen molar-refractivity contribution >= 4 is 56.5 Å². The first-order chi connectivity index (χ1) is 16.4. The molecule has 1 fully saturated rings. The third-order valence-electron chi connectivity index (χ3n) is 5.01. The van der Waals surface area contributed by atoms with Gasteiger partial charge >= 0.3 is 0 Å². The molecule has 0 radical (unpaired) electrons. The van der Waals surface area contributed by atoms with E-state index in [1.165, 1.54) is 18.1 Å². The number of hydrogen-bond acceptors (Lipinski definition) is 5. The summed E-state index contributed by atoms with van der Waals surface area (Å²) in [6, 6.07) is 16.9. The van der Waals surface area contributed by atoms with Gasteiger partial charge in [-0.2, -0.15) is 0 Å². The van der Waals surface area contributed by atoms with E-state index in [0.29, 0.717) is 16.9 Å². The Morgan fingerprint density at radius 2 is 1.85 bits per heavy atom. The number of imide groups is 1. The topological polar surface area (TPSA) is 55.8 Å². The molecule has 0 aliphatic carbocycles. The summed E-state index contributed by atoms with van der Waals surface area (Å²) in [5.74, 6) is -0.182. The van der Waals surface area contributed by atoms with Gasteiger partial charge in [-0.05, 0) is 59.3 Å². The lowest BCUT2D eigenvalue weighted by atomic mass is 10.1. The molecule has 3 aromatic rings. The molecular formula is C25H18BrClFNO4S. The van der Waals surface area contributed by atoms with Crippen LogP contribution in [0.1, 0.15) is 16.7 Å². The van der Waals surface area contributed by atoms with E-state index in [2.05, 4.69) is 15.9 Å². The minimum atomic E-state index is -0.382. The van der Waals surface area contributed by atoms with E-state index in [1.807, 2.05) is 24.3 Å². The van der Waals surface area contributed by atoms with E-state index >= 15 is 0 Å². The standard InChI is InChI=1S/C25H18BrClFNO4S/c1-32-21-11-16(10-19(27)23(21)33-14-17-4-2-3-5-20(17)28)12-22-24(30)29(25(31)34-22)13-15-6-8-18(26)9-7-15/h2-12H,13-14H2,1H3/b22-12-. The maximum absolute atomic E-state index is 13.9. The second-order valence-corrected chi connectivity index (χ2v) is 9.62. The molecule has 0 atom stereocenters. The highest BCUT2D eigenvalue weighted by atomic mass is 79.9. The molecule has 0 aromatic heterocycles. The van der Waals surface area contributed by atoms with Crippen molar-refractivity contribution in [2.24, 2.45) is 0 Å². The quantitative estimate of drug-likeness (QED) is 0.288. The van der Waals surface area contributed by atoms with E-state index in [9.17, 15) is 14.0 Å². The second kappa shape index (κ2) is 10.6. The molecule has 0 unspecified atom stereocenters. The molecule has 1 heterocycles. The van der Waals surface area contributed by atoms with Gasteiger partial charge < -0.3 is 9.47 Å². The number of carbonyl (C=O) groups excluding carboxylic acids is 2. The van der Waals surface area contributed by atoms with Crippen molar-refractivity contribution in [3.8, 4) is 11.5 Å². The van der Waals surface area contributed by atoms with Crippen LogP contribution in [0.4, 0.5) is 9.18 Å². The van der Waals surface area contributed by atoms with Gasteiger partial charge in [-0.1, -0.05) is 57.9 Å². The number of nitrogens with zero attached hydrogens (tertiary/aromatic N) is 1. The normalized spacial score (nSPS) is 14.7. The van der Waals surface area contributed by atoms with E-state index in [0.717, 1.165) is 21.8 Å². The highest BCUT2D eigenvalue weighted by Gasteiger charge is 2.35. The zero-order valence-corrected chi connectivity index (χ0v) is 21.0. The van der Waals surface area contributed by atoms with E-state index < -0.39 is 0 Å². The maximum Gasteiger partial charge on any atom is 0.293 e. The second-order valence-electron chi connectivity index (χ2n) is 7.31. The van der Waals surface area contributed by atoms with Gasteiger partial charge in [0.2, 0.25) is 0 Å². The Kier molecular flexibility index (Phi) is 7.60. The Labute approximate surface area is 213 Å². The van der Waals surface area contributed by atoms with Gasteiger partial charge in [0.15, 0.2) is 11.5 Å². The van der Waals surface area contributed by atoms with Gasteiger partial charge in [-0.25, -0.2) is 4.39 Å². The SMILES string of the molecule is COc1cc(/C=C2\SC(=O)N(Cc3ccc(Br)cc3)C2=O)cc(Cl)c1OCc1ccccc1F. The molecule has 0 bridgehead atoms. The van der Waals surface area contributed by atoms with E-state index in [1.54, 1.807) is 36.4 Å². The van der Waals surface area contributed by atoms with Crippen LogP contribution in [0.5, 0.6) is 11.5 Å². The zero-order valence-electron chi connectivity index (χ0n) is 17.9. The van der Waals surface area contributed by atoms with Crippen molar-refractivity contribution in [2.45, 2.75) is 13.2 Å². The fraction of sp³-hybridized carbons (Fsp3) is 0.120. The van der Waals surface area contributed by atoms with Crippen LogP contribution in [0.3, 0.4) is 0 Å². The van der Waals surface area contributed by atoms with Gasteiger partial charge in [0.05, 0.1) is 23.6 Å². The molecule has 4 rings (SSSR count). The van der Waals surface area contributed by atoms with Gasteiger partial charge in [-0.3, -0.25) is 14.5 Å². The molecule has 34 heavy (non-hydrogen) atoms. The number of thioether (sulfide) groups is 1. The summed E-state index contributed by atoms with van der Waals surface area (Å²) in [5, 5.41) is -0.113. The fourth-order valence-electron chi connectivity index (χ4n) is 3.29. The van der Waals surface area contributed by atoms with Gasteiger partial charge in [0, 0.05) is 10.0 Å². The number of hydrogen-bond donors (Lipinski definition) is 0. The molecule has 1 aliphatic heterocycles. The van der Waals surface area contributed by atoms with Crippen molar-refractivity contribution in [1.29, 1.82) is 0 Å². The molecule has 2 amide bonds. The minimum Gasteiger partial charge on any atom is -0.493 e. The Morgan fingerprint density at radius 3 is 2.56 bits per heavy atom. The predicted octanol–water partition coefficient (Wildman–Crippen LogP) is 7.07. The van der Waals surface area contributed by atoms with Gasteiger partial charge in [-0.15, -0.1) is 0 Å². The minimum absolute atomic E-state index is 0.0307.